The second kappa shape index (κ2) is 5.40. The second-order valence-corrected chi connectivity index (χ2v) is 5.00. The van der Waals surface area contributed by atoms with Crippen molar-refractivity contribution < 1.29 is 14.3 Å². The van der Waals surface area contributed by atoms with Crippen LogP contribution in [0, 0.1) is 0 Å². The maximum Gasteiger partial charge on any atom is 0.308 e. The third-order valence-corrected chi connectivity index (χ3v) is 3.47. The van der Waals surface area contributed by atoms with Crippen molar-refractivity contribution in [2.45, 2.75) is 13.5 Å². The lowest BCUT2D eigenvalue weighted by Crippen LogP contribution is -2.35. The molecule has 4 nitrogen and oxygen atoms in total. The Labute approximate surface area is 123 Å². The summed E-state index contributed by atoms with van der Waals surface area (Å²) in [6, 6.07) is 14.9. The van der Waals surface area contributed by atoms with E-state index in [2.05, 4.69) is 0 Å². The van der Waals surface area contributed by atoms with Crippen LogP contribution in [0.5, 0.6) is 5.75 Å². The van der Waals surface area contributed by atoms with Crippen LogP contribution in [-0.2, 0) is 11.3 Å². The first-order chi connectivity index (χ1) is 10.1. The number of hydrogen-bond acceptors (Lipinski definition) is 4. The van der Waals surface area contributed by atoms with Gasteiger partial charge in [-0.05, 0) is 17.7 Å². The third kappa shape index (κ3) is 2.65. The van der Waals surface area contributed by atoms with E-state index in [1.165, 1.54) is 6.92 Å². The number of nitrogens with zero attached hydrogens (tertiary/aromatic N) is 1. The van der Waals surface area contributed by atoms with Gasteiger partial charge in [-0.2, -0.15) is 0 Å². The van der Waals surface area contributed by atoms with Crippen LogP contribution >= 0.6 is 0 Å². The molecule has 0 spiro atoms. The van der Waals surface area contributed by atoms with Gasteiger partial charge in [-0.1, -0.05) is 36.4 Å². The lowest BCUT2D eigenvalue weighted by Gasteiger charge is -2.30. The lowest BCUT2D eigenvalue weighted by atomic mass is 9.98. The average molecular weight is 281 g/mol. The fourth-order valence-electron chi connectivity index (χ4n) is 2.58. The normalized spacial score (nSPS) is 13.8. The molecule has 4 heteroatoms. The van der Waals surface area contributed by atoms with Crippen LogP contribution in [-0.4, -0.2) is 18.3 Å². The van der Waals surface area contributed by atoms with E-state index in [4.69, 9.17) is 4.74 Å². The Balaban J connectivity index is 1.96. The molecule has 21 heavy (non-hydrogen) atoms. The van der Waals surface area contributed by atoms with Crippen LogP contribution < -0.4 is 9.64 Å². The summed E-state index contributed by atoms with van der Waals surface area (Å²) in [5.74, 6) is 0.192. The van der Waals surface area contributed by atoms with Crippen LogP contribution in [0.15, 0.2) is 48.5 Å². The molecule has 0 fully saturated rings. The predicted octanol–water partition coefficient (Wildman–Crippen LogP) is 2.81. The fraction of sp³-hybridized carbons (Fsp3) is 0.176. The molecular formula is C17H15NO3. The van der Waals surface area contributed by atoms with Gasteiger partial charge in [0.25, 0.3) is 0 Å². The molecule has 2 aromatic rings. The number of ketones is 1. The number of ether oxygens (including phenoxy) is 1. The Bertz CT molecular complexity index is 709. The summed E-state index contributed by atoms with van der Waals surface area (Å²) in [4.78, 5) is 25.4. The zero-order chi connectivity index (χ0) is 14.8. The van der Waals surface area contributed by atoms with Crippen LogP contribution in [0.4, 0.5) is 5.69 Å². The van der Waals surface area contributed by atoms with E-state index in [0.29, 0.717) is 12.3 Å². The van der Waals surface area contributed by atoms with Gasteiger partial charge in [0, 0.05) is 19.0 Å². The summed E-state index contributed by atoms with van der Waals surface area (Å²) in [5, 5.41) is 0. The standard InChI is InChI=1S/C17H15NO3/c1-12(19)21-17-9-5-4-8-15(17)18-10-13-6-2-3-7-14(13)16(20)11-18/h2-9H,10-11H2,1H3. The largest absolute Gasteiger partial charge is 0.425 e. The minimum Gasteiger partial charge on any atom is -0.425 e. The average Bonchev–Trinajstić information content (AvgIpc) is 2.47. The summed E-state index contributed by atoms with van der Waals surface area (Å²) in [5.41, 5.74) is 2.53. The molecule has 1 aliphatic heterocycles. The number of rotatable bonds is 2. The lowest BCUT2D eigenvalue weighted by molar-refractivity contribution is -0.131. The van der Waals surface area contributed by atoms with E-state index in [0.717, 1.165) is 16.8 Å². The molecule has 1 aliphatic rings. The van der Waals surface area contributed by atoms with Crippen molar-refractivity contribution in [3.05, 3.63) is 59.7 Å². The Morgan fingerprint density at radius 2 is 1.76 bits per heavy atom. The molecule has 0 aromatic heterocycles. The quantitative estimate of drug-likeness (QED) is 0.627. The molecule has 1 heterocycles. The molecular weight excluding hydrogens is 266 g/mol. The molecule has 0 saturated heterocycles. The number of hydrogen-bond donors (Lipinski definition) is 0. The summed E-state index contributed by atoms with van der Waals surface area (Å²) >= 11 is 0. The summed E-state index contributed by atoms with van der Waals surface area (Å²) in [6.45, 7) is 2.28. The number of para-hydroxylation sites is 2. The molecule has 0 aliphatic carbocycles. The first kappa shape index (κ1) is 13.4. The van der Waals surface area contributed by atoms with E-state index in [-0.39, 0.29) is 18.3 Å². The van der Waals surface area contributed by atoms with E-state index >= 15 is 0 Å². The van der Waals surface area contributed by atoms with Crippen molar-refractivity contribution in [3.8, 4) is 5.75 Å². The van der Waals surface area contributed by atoms with Gasteiger partial charge in [0.1, 0.15) is 0 Å². The number of carbonyl (C=O) groups excluding carboxylic acids is 2. The number of Topliss-reactive ketones (excluding diaryl/α,β-unsaturated/α-hetero) is 1. The SMILES string of the molecule is CC(=O)Oc1ccccc1N1CC(=O)c2ccccc2C1. The highest BCUT2D eigenvalue weighted by Gasteiger charge is 2.24. The molecule has 0 amide bonds. The Morgan fingerprint density at radius 1 is 1.05 bits per heavy atom. The van der Waals surface area contributed by atoms with Crippen LogP contribution in [0.1, 0.15) is 22.8 Å². The van der Waals surface area contributed by atoms with Crippen molar-refractivity contribution >= 4 is 17.4 Å². The third-order valence-electron chi connectivity index (χ3n) is 3.47. The van der Waals surface area contributed by atoms with Gasteiger partial charge in [-0.3, -0.25) is 9.59 Å². The molecule has 3 rings (SSSR count). The van der Waals surface area contributed by atoms with Gasteiger partial charge in [-0.25, -0.2) is 0 Å². The van der Waals surface area contributed by atoms with E-state index in [1.54, 1.807) is 6.07 Å². The molecule has 0 unspecified atom stereocenters. The number of benzene rings is 2. The highest BCUT2D eigenvalue weighted by Crippen LogP contribution is 2.32. The van der Waals surface area contributed by atoms with Gasteiger partial charge in [-0.15, -0.1) is 0 Å². The molecule has 2 aromatic carbocycles. The zero-order valence-corrected chi connectivity index (χ0v) is 11.7. The van der Waals surface area contributed by atoms with Crippen molar-refractivity contribution in [3.63, 3.8) is 0 Å². The molecule has 0 radical (unpaired) electrons. The Kier molecular flexibility index (Phi) is 3.44. The van der Waals surface area contributed by atoms with Crippen LogP contribution in [0.25, 0.3) is 0 Å². The molecule has 106 valence electrons. The molecule has 0 bridgehead atoms. The van der Waals surface area contributed by atoms with Crippen molar-refractivity contribution in [2.24, 2.45) is 0 Å². The van der Waals surface area contributed by atoms with Gasteiger partial charge in [0.15, 0.2) is 11.5 Å². The van der Waals surface area contributed by atoms with Crippen molar-refractivity contribution in [1.29, 1.82) is 0 Å². The van der Waals surface area contributed by atoms with Gasteiger partial charge >= 0.3 is 5.97 Å². The molecule has 0 atom stereocenters. The zero-order valence-electron chi connectivity index (χ0n) is 11.7. The number of esters is 1. The first-order valence-electron chi connectivity index (χ1n) is 6.78. The Morgan fingerprint density at radius 3 is 2.57 bits per heavy atom. The minimum absolute atomic E-state index is 0.0782. The van der Waals surface area contributed by atoms with E-state index in [1.807, 2.05) is 47.4 Å². The Hall–Kier alpha value is -2.62. The first-order valence-corrected chi connectivity index (χ1v) is 6.78. The van der Waals surface area contributed by atoms with E-state index < -0.39 is 0 Å². The second-order valence-electron chi connectivity index (χ2n) is 5.00. The molecule has 0 saturated carbocycles. The monoisotopic (exact) mass is 281 g/mol. The summed E-state index contributed by atoms with van der Waals surface area (Å²) < 4.78 is 5.23. The highest BCUT2D eigenvalue weighted by atomic mass is 16.5. The van der Waals surface area contributed by atoms with Crippen LogP contribution in [0.2, 0.25) is 0 Å². The van der Waals surface area contributed by atoms with Gasteiger partial charge in [0.05, 0.1) is 12.2 Å². The fourth-order valence-corrected chi connectivity index (χ4v) is 2.58. The number of carbonyl (C=O) groups is 2. The predicted molar refractivity (Wildman–Crippen MR) is 79.6 cm³/mol. The highest BCUT2D eigenvalue weighted by molar-refractivity contribution is 6.02. The minimum atomic E-state index is -0.369. The maximum absolute atomic E-state index is 12.3. The summed E-state index contributed by atoms with van der Waals surface area (Å²) in [6.07, 6.45) is 0. The maximum atomic E-state index is 12.3. The smallest absolute Gasteiger partial charge is 0.308 e. The number of fused-ring (bicyclic) bond motifs is 1. The van der Waals surface area contributed by atoms with Crippen molar-refractivity contribution in [1.82, 2.24) is 0 Å². The topological polar surface area (TPSA) is 46.6 Å². The summed E-state index contributed by atoms with van der Waals surface area (Å²) in [7, 11) is 0. The number of anilines is 1. The molecule has 0 N–H and O–H groups in total. The van der Waals surface area contributed by atoms with Crippen molar-refractivity contribution in [2.75, 3.05) is 11.4 Å². The van der Waals surface area contributed by atoms with E-state index in [9.17, 15) is 9.59 Å². The van der Waals surface area contributed by atoms with Gasteiger partial charge < -0.3 is 9.64 Å². The van der Waals surface area contributed by atoms with Crippen LogP contribution in [0.3, 0.4) is 0 Å². The van der Waals surface area contributed by atoms with Gasteiger partial charge in [0.2, 0.25) is 0 Å².